The van der Waals surface area contributed by atoms with Crippen molar-refractivity contribution in [2.75, 3.05) is 13.6 Å². The monoisotopic (exact) mass is 202 g/mol. The Hall–Kier alpha value is -1.61. The second-order valence-corrected chi connectivity index (χ2v) is 3.62. The topological polar surface area (TPSA) is 34.0 Å². The maximum Gasteiger partial charge on any atom is 0.177 e. The third-order valence-corrected chi connectivity index (χ3v) is 2.57. The lowest BCUT2D eigenvalue weighted by atomic mass is 10.1. The van der Waals surface area contributed by atoms with Gasteiger partial charge in [0.25, 0.3) is 0 Å². The van der Waals surface area contributed by atoms with E-state index in [0.29, 0.717) is 6.54 Å². The van der Waals surface area contributed by atoms with Gasteiger partial charge in [-0.1, -0.05) is 12.1 Å². The predicted molar refractivity (Wildman–Crippen MR) is 61.2 cm³/mol. The maximum absolute atomic E-state index is 11.8. The van der Waals surface area contributed by atoms with Gasteiger partial charge in [-0.05, 0) is 19.2 Å². The summed E-state index contributed by atoms with van der Waals surface area (Å²) in [5, 5.41) is 3.91. The molecule has 0 unspecified atom stereocenters. The first-order valence-electron chi connectivity index (χ1n) is 4.96. The molecule has 0 atom stereocenters. The van der Waals surface area contributed by atoms with Crippen molar-refractivity contribution < 1.29 is 4.79 Å². The molecular weight excluding hydrogens is 188 g/mol. The first-order chi connectivity index (χ1) is 7.24. The Balaban J connectivity index is 2.56. The van der Waals surface area contributed by atoms with E-state index in [1.165, 1.54) is 0 Å². The van der Waals surface area contributed by atoms with E-state index in [1.54, 1.807) is 7.05 Å². The summed E-state index contributed by atoms with van der Waals surface area (Å²) in [7, 11) is 3.76. The average Bonchev–Trinajstić information content (AvgIpc) is 2.61. The summed E-state index contributed by atoms with van der Waals surface area (Å²) >= 11 is 0. The summed E-state index contributed by atoms with van der Waals surface area (Å²) < 4.78 is 2.02. The Morgan fingerprint density at radius 3 is 2.93 bits per heavy atom. The van der Waals surface area contributed by atoms with Gasteiger partial charge in [0.2, 0.25) is 0 Å². The minimum atomic E-state index is 0.134. The predicted octanol–water partition coefficient (Wildman–Crippen LogP) is 1.58. The molecular formula is C12H14N2O. The van der Waals surface area contributed by atoms with E-state index in [4.69, 9.17) is 0 Å². The van der Waals surface area contributed by atoms with Crippen LogP contribution >= 0.6 is 0 Å². The number of likely N-dealkylation sites (N-methyl/N-ethyl adjacent to an activating group) is 1. The zero-order valence-electron chi connectivity index (χ0n) is 8.95. The number of hydrogen-bond donors (Lipinski definition) is 1. The van der Waals surface area contributed by atoms with Gasteiger partial charge in [-0.2, -0.15) is 0 Å². The number of rotatable bonds is 3. The molecule has 1 aromatic heterocycles. The lowest BCUT2D eigenvalue weighted by Crippen LogP contribution is -2.18. The van der Waals surface area contributed by atoms with E-state index in [-0.39, 0.29) is 5.78 Å². The second-order valence-electron chi connectivity index (χ2n) is 3.62. The molecule has 3 heteroatoms. The number of aromatic nitrogens is 1. The van der Waals surface area contributed by atoms with Crippen molar-refractivity contribution in [3.05, 3.63) is 36.0 Å². The number of carbonyl (C=O) groups is 1. The normalized spacial score (nSPS) is 10.8. The third kappa shape index (κ3) is 1.66. The molecule has 0 aliphatic carbocycles. The van der Waals surface area contributed by atoms with Crippen LogP contribution in [0.2, 0.25) is 0 Å². The van der Waals surface area contributed by atoms with Crippen molar-refractivity contribution in [1.82, 2.24) is 9.88 Å². The molecule has 78 valence electrons. The Bertz CT molecular complexity index is 499. The molecule has 0 aliphatic heterocycles. The molecule has 3 nitrogen and oxygen atoms in total. The van der Waals surface area contributed by atoms with Crippen LogP contribution in [0.3, 0.4) is 0 Å². The molecule has 1 heterocycles. The van der Waals surface area contributed by atoms with E-state index in [2.05, 4.69) is 5.32 Å². The number of ketones is 1. The number of aryl methyl sites for hydroxylation is 1. The number of benzene rings is 1. The largest absolute Gasteiger partial charge is 0.351 e. The van der Waals surface area contributed by atoms with Crippen LogP contribution in [-0.4, -0.2) is 23.9 Å². The van der Waals surface area contributed by atoms with Crippen LogP contribution < -0.4 is 5.32 Å². The number of carbonyl (C=O) groups excluding carboxylic acids is 1. The van der Waals surface area contributed by atoms with Crippen molar-refractivity contribution >= 4 is 16.7 Å². The Kier molecular flexibility index (Phi) is 2.56. The fraction of sp³-hybridized carbons (Fsp3) is 0.250. The van der Waals surface area contributed by atoms with Gasteiger partial charge in [0.1, 0.15) is 0 Å². The number of nitrogens with zero attached hydrogens (tertiary/aromatic N) is 1. The highest BCUT2D eigenvalue weighted by Crippen LogP contribution is 2.19. The van der Waals surface area contributed by atoms with Crippen molar-refractivity contribution in [1.29, 1.82) is 0 Å². The molecule has 0 amide bonds. The third-order valence-electron chi connectivity index (χ3n) is 2.57. The first-order valence-corrected chi connectivity index (χ1v) is 4.96. The van der Waals surface area contributed by atoms with E-state index in [1.807, 2.05) is 42.1 Å². The summed E-state index contributed by atoms with van der Waals surface area (Å²) in [5.74, 6) is 0.134. The number of fused-ring (bicyclic) bond motifs is 1. The van der Waals surface area contributed by atoms with Gasteiger partial charge in [0.15, 0.2) is 5.78 Å². The summed E-state index contributed by atoms with van der Waals surface area (Å²) in [6, 6.07) is 7.80. The Morgan fingerprint density at radius 2 is 2.20 bits per heavy atom. The van der Waals surface area contributed by atoms with Gasteiger partial charge in [0, 0.05) is 29.7 Å². The lowest BCUT2D eigenvalue weighted by molar-refractivity contribution is 0.0995. The number of hydrogen-bond acceptors (Lipinski definition) is 2. The van der Waals surface area contributed by atoms with Crippen molar-refractivity contribution in [3.8, 4) is 0 Å². The SMILES string of the molecule is CNCC(=O)c1cccc2c1ccn2C. The van der Waals surface area contributed by atoms with Crippen LogP contribution in [0, 0.1) is 0 Å². The average molecular weight is 202 g/mol. The lowest BCUT2D eigenvalue weighted by Gasteiger charge is -2.02. The molecule has 0 bridgehead atoms. The summed E-state index contributed by atoms with van der Waals surface area (Å²) in [6.45, 7) is 0.383. The van der Waals surface area contributed by atoms with E-state index in [0.717, 1.165) is 16.5 Å². The molecule has 0 spiro atoms. The molecule has 1 N–H and O–H groups in total. The van der Waals surface area contributed by atoms with Gasteiger partial charge >= 0.3 is 0 Å². The Labute approximate surface area is 88.7 Å². The highest BCUT2D eigenvalue weighted by molar-refractivity contribution is 6.08. The molecule has 15 heavy (non-hydrogen) atoms. The fourth-order valence-electron chi connectivity index (χ4n) is 1.80. The summed E-state index contributed by atoms with van der Waals surface area (Å²) in [6.07, 6.45) is 1.97. The van der Waals surface area contributed by atoms with Gasteiger partial charge < -0.3 is 9.88 Å². The summed E-state index contributed by atoms with van der Waals surface area (Å²) in [5.41, 5.74) is 1.89. The zero-order chi connectivity index (χ0) is 10.8. The van der Waals surface area contributed by atoms with E-state index < -0.39 is 0 Å². The molecule has 1 aromatic carbocycles. The molecule has 0 saturated carbocycles. The molecule has 2 rings (SSSR count). The zero-order valence-corrected chi connectivity index (χ0v) is 8.95. The second kappa shape index (κ2) is 3.87. The van der Waals surface area contributed by atoms with Crippen LogP contribution in [0.25, 0.3) is 10.9 Å². The van der Waals surface area contributed by atoms with Crippen LogP contribution in [0.15, 0.2) is 30.5 Å². The molecule has 0 saturated heterocycles. The summed E-state index contributed by atoms with van der Waals surface area (Å²) in [4.78, 5) is 11.8. The van der Waals surface area contributed by atoms with E-state index >= 15 is 0 Å². The fourth-order valence-corrected chi connectivity index (χ4v) is 1.80. The van der Waals surface area contributed by atoms with Gasteiger partial charge in [-0.25, -0.2) is 0 Å². The van der Waals surface area contributed by atoms with Crippen molar-refractivity contribution in [3.63, 3.8) is 0 Å². The standard InChI is InChI=1S/C12H14N2O/c1-13-8-12(15)10-4-3-5-11-9(10)6-7-14(11)2/h3-7,13H,8H2,1-2H3. The maximum atomic E-state index is 11.8. The smallest absolute Gasteiger partial charge is 0.177 e. The van der Waals surface area contributed by atoms with Crippen LogP contribution in [0.5, 0.6) is 0 Å². The van der Waals surface area contributed by atoms with Crippen LogP contribution in [0.1, 0.15) is 10.4 Å². The first kappa shape index (κ1) is 9.93. The Morgan fingerprint density at radius 1 is 1.40 bits per heavy atom. The molecule has 0 aliphatic rings. The highest BCUT2D eigenvalue weighted by Gasteiger charge is 2.09. The van der Waals surface area contributed by atoms with Crippen LogP contribution in [-0.2, 0) is 7.05 Å². The number of Topliss-reactive ketones (excluding diaryl/α,β-unsaturated/α-hetero) is 1. The van der Waals surface area contributed by atoms with Crippen molar-refractivity contribution in [2.45, 2.75) is 0 Å². The minimum absolute atomic E-state index is 0.134. The highest BCUT2D eigenvalue weighted by atomic mass is 16.1. The van der Waals surface area contributed by atoms with Gasteiger partial charge in [-0.3, -0.25) is 4.79 Å². The van der Waals surface area contributed by atoms with E-state index in [9.17, 15) is 4.79 Å². The van der Waals surface area contributed by atoms with Crippen LogP contribution in [0.4, 0.5) is 0 Å². The van der Waals surface area contributed by atoms with Crippen molar-refractivity contribution in [2.24, 2.45) is 7.05 Å². The van der Waals surface area contributed by atoms with Gasteiger partial charge in [0.05, 0.1) is 6.54 Å². The molecule has 0 radical (unpaired) electrons. The minimum Gasteiger partial charge on any atom is -0.351 e. The number of nitrogens with one attached hydrogen (secondary N) is 1. The quantitative estimate of drug-likeness (QED) is 0.767. The molecule has 0 fully saturated rings. The van der Waals surface area contributed by atoms with Gasteiger partial charge in [-0.15, -0.1) is 0 Å². The molecule has 2 aromatic rings.